The highest BCUT2D eigenvalue weighted by Gasteiger charge is 2.13. The van der Waals surface area contributed by atoms with Crippen LogP contribution in [-0.4, -0.2) is 0 Å². The van der Waals surface area contributed by atoms with Crippen molar-refractivity contribution in [3.8, 4) is 11.8 Å². The quantitative estimate of drug-likeness (QED) is 0.754. The van der Waals surface area contributed by atoms with Crippen molar-refractivity contribution >= 4 is 5.57 Å². The van der Waals surface area contributed by atoms with Crippen LogP contribution in [-0.2, 0) is 0 Å². The van der Waals surface area contributed by atoms with Crippen LogP contribution in [0.25, 0.3) is 5.57 Å². The number of hydrogen-bond donors (Lipinski definition) is 1. The summed E-state index contributed by atoms with van der Waals surface area (Å²) in [6.07, 6.45) is 10.4. The minimum Gasteiger partial charge on any atom is -0.392 e. The lowest BCUT2D eigenvalue weighted by Gasteiger charge is -2.15. The van der Waals surface area contributed by atoms with Crippen LogP contribution in [0.15, 0.2) is 65.9 Å². The summed E-state index contributed by atoms with van der Waals surface area (Å²) in [7, 11) is 0. The summed E-state index contributed by atoms with van der Waals surface area (Å²) < 4.78 is 0. The Morgan fingerprint density at radius 2 is 1.89 bits per heavy atom. The Hall–Kier alpha value is -2.46. The minimum atomic E-state index is 0.159. The molecule has 0 aromatic heterocycles. The fourth-order valence-electron chi connectivity index (χ4n) is 2.23. The van der Waals surface area contributed by atoms with Gasteiger partial charge in [-0.2, -0.15) is 0 Å². The van der Waals surface area contributed by atoms with E-state index in [2.05, 4.69) is 61.3 Å². The second kappa shape index (κ2) is 4.66. The fourth-order valence-corrected chi connectivity index (χ4v) is 2.23. The number of rotatable bonds is 1. The van der Waals surface area contributed by atoms with Gasteiger partial charge in [0.25, 0.3) is 0 Å². The average Bonchev–Trinajstić information content (AvgIpc) is 2.62. The van der Waals surface area contributed by atoms with Crippen molar-refractivity contribution in [1.82, 2.24) is 0 Å². The van der Waals surface area contributed by atoms with Gasteiger partial charge in [0, 0.05) is 0 Å². The van der Waals surface area contributed by atoms with Gasteiger partial charge in [-0.3, -0.25) is 0 Å². The van der Waals surface area contributed by atoms with Crippen molar-refractivity contribution in [3.63, 3.8) is 0 Å². The molecule has 1 nitrogen and oxygen atoms in total. The highest BCUT2D eigenvalue weighted by molar-refractivity contribution is 5.79. The van der Waals surface area contributed by atoms with E-state index in [1.807, 2.05) is 12.2 Å². The Bertz CT molecular complexity index is 685. The molecular formula is C18H15N. The molecule has 0 spiro atoms. The molecule has 2 N–H and O–H groups in total. The zero-order valence-electron chi connectivity index (χ0n) is 10.9. The largest absolute Gasteiger partial charge is 0.392 e. The first kappa shape index (κ1) is 11.6. The number of fused-ring (bicyclic) bond motifs is 1. The molecule has 2 aliphatic carbocycles. The maximum atomic E-state index is 5.75. The molecule has 3 rings (SSSR count). The third-order valence-electron chi connectivity index (χ3n) is 3.36. The molecule has 0 amide bonds. The van der Waals surface area contributed by atoms with Gasteiger partial charge in [-0.05, 0) is 41.7 Å². The van der Waals surface area contributed by atoms with Crippen LogP contribution < -0.4 is 5.73 Å². The molecular weight excluding hydrogens is 230 g/mol. The molecule has 1 aromatic carbocycles. The lowest BCUT2D eigenvalue weighted by atomic mass is 9.89. The van der Waals surface area contributed by atoms with Gasteiger partial charge in [-0.15, -0.1) is 0 Å². The van der Waals surface area contributed by atoms with Gasteiger partial charge in [0.1, 0.15) is 0 Å². The van der Waals surface area contributed by atoms with E-state index in [-0.39, 0.29) is 5.92 Å². The summed E-state index contributed by atoms with van der Waals surface area (Å²) >= 11 is 0. The van der Waals surface area contributed by atoms with Gasteiger partial charge < -0.3 is 5.73 Å². The summed E-state index contributed by atoms with van der Waals surface area (Å²) in [5, 5.41) is 0. The van der Waals surface area contributed by atoms with Crippen LogP contribution in [0.4, 0.5) is 0 Å². The third kappa shape index (κ3) is 2.39. The molecule has 0 saturated carbocycles. The van der Waals surface area contributed by atoms with Crippen molar-refractivity contribution in [3.05, 3.63) is 77.0 Å². The topological polar surface area (TPSA) is 26.0 Å². The van der Waals surface area contributed by atoms with E-state index in [9.17, 15) is 0 Å². The molecule has 92 valence electrons. The van der Waals surface area contributed by atoms with Crippen LogP contribution in [0.3, 0.4) is 0 Å². The van der Waals surface area contributed by atoms with Crippen molar-refractivity contribution in [2.45, 2.75) is 6.92 Å². The molecule has 0 saturated heterocycles. The zero-order chi connectivity index (χ0) is 13.2. The van der Waals surface area contributed by atoms with E-state index >= 15 is 0 Å². The maximum absolute atomic E-state index is 5.75. The molecule has 1 heteroatoms. The first-order chi connectivity index (χ1) is 9.22. The van der Waals surface area contributed by atoms with Crippen LogP contribution >= 0.6 is 0 Å². The number of allylic oxidation sites excluding steroid dienone is 8. The van der Waals surface area contributed by atoms with Crippen molar-refractivity contribution in [2.75, 3.05) is 0 Å². The number of benzene rings is 1. The van der Waals surface area contributed by atoms with Gasteiger partial charge in [0.15, 0.2) is 0 Å². The van der Waals surface area contributed by atoms with Crippen molar-refractivity contribution < 1.29 is 0 Å². The number of aryl methyl sites for hydroxylation is 1. The van der Waals surface area contributed by atoms with Gasteiger partial charge in [-0.25, -0.2) is 0 Å². The number of nitrogens with two attached hydrogens (primary N) is 1. The monoisotopic (exact) mass is 245 g/mol. The van der Waals surface area contributed by atoms with E-state index in [1.165, 1.54) is 22.3 Å². The SMILES string of the molecule is Cc1ccc(C2=CC3=CC=C(N)C#CC3C=C2)cc1. The first-order valence-electron chi connectivity index (χ1n) is 6.38. The summed E-state index contributed by atoms with van der Waals surface area (Å²) in [6.45, 7) is 2.10. The molecule has 0 heterocycles. The fraction of sp³-hybridized carbons (Fsp3) is 0.111. The van der Waals surface area contributed by atoms with Crippen molar-refractivity contribution in [2.24, 2.45) is 11.7 Å². The molecule has 0 radical (unpaired) electrons. The summed E-state index contributed by atoms with van der Waals surface area (Å²) in [5.74, 6) is 6.29. The average molecular weight is 245 g/mol. The molecule has 0 bridgehead atoms. The molecule has 0 fully saturated rings. The second-order valence-electron chi connectivity index (χ2n) is 4.86. The highest BCUT2D eigenvalue weighted by Crippen LogP contribution is 2.28. The standard InChI is InChI=1S/C18H15N/c1-13-2-4-14(5-3-13)16-7-6-15-8-10-18(19)11-9-17(15)12-16/h2-7,9,11-12,15H,19H2,1H3. The summed E-state index contributed by atoms with van der Waals surface area (Å²) in [5.41, 5.74) is 11.3. The van der Waals surface area contributed by atoms with Crippen LogP contribution in [0, 0.1) is 24.7 Å². The van der Waals surface area contributed by atoms with Crippen molar-refractivity contribution in [1.29, 1.82) is 0 Å². The van der Waals surface area contributed by atoms with Gasteiger partial charge in [0.2, 0.25) is 0 Å². The van der Waals surface area contributed by atoms with E-state index in [0.717, 1.165) is 0 Å². The Balaban J connectivity index is 1.99. The predicted molar refractivity (Wildman–Crippen MR) is 79.9 cm³/mol. The lowest BCUT2D eigenvalue weighted by Crippen LogP contribution is -2.01. The Labute approximate surface area is 113 Å². The maximum Gasteiger partial charge on any atom is 0.0827 e. The Morgan fingerprint density at radius 1 is 1.11 bits per heavy atom. The summed E-state index contributed by atoms with van der Waals surface area (Å²) in [4.78, 5) is 0. The molecule has 0 aliphatic heterocycles. The van der Waals surface area contributed by atoms with Crippen LogP contribution in [0.1, 0.15) is 11.1 Å². The smallest absolute Gasteiger partial charge is 0.0827 e. The molecule has 1 atom stereocenters. The third-order valence-corrected chi connectivity index (χ3v) is 3.36. The normalized spacial score (nSPS) is 20.3. The minimum absolute atomic E-state index is 0.159. The summed E-state index contributed by atoms with van der Waals surface area (Å²) in [6, 6.07) is 8.57. The van der Waals surface area contributed by atoms with Gasteiger partial charge in [-0.1, -0.05) is 54.0 Å². The Kier molecular flexibility index (Phi) is 2.85. The van der Waals surface area contributed by atoms with Crippen LogP contribution in [0.2, 0.25) is 0 Å². The van der Waals surface area contributed by atoms with E-state index in [0.29, 0.717) is 5.70 Å². The zero-order valence-corrected chi connectivity index (χ0v) is 10.9. The lowest BCUT2D eigenvalue weighted by molar-refractivity contribution is 1.04. The molecule has 1 unspecified atom stereocenters. The molecule has 19 heavy (non-hydrogen) atoms. The highest BCUT2D eigenvalue weighted by atomic mass is 14.5. The number of hydrogen-bond acceptors (Lipinski definition) is 1. The first-order valence-corrected chi connectivity index (χ1v) is 6.38. The van der Waals surface area contributed by atoms with Crippen LogP contribution in [0.5, 0.6) is 0 Å². The van der Waals surface area contributed by atoms with E-state index in [4.69, 9.17) is 5.73 Å². The second-order valence-corrected chi connectivity index (χ2v) is 4.86. The molecule has 2 aliphatic rings. The molecule has 1 aromatic rings. The van der Waals surface area contributed by atoms with Gasteiger partial charge >= 0.3 is 0 Å². The van der Waals surface area contributed by atoms with Gasteiger partial charge in [0.05, 0.1) is 11.6 Å². The van der Waals surface area contributed by atoms with E-state index < -0.39 is 0 Å². The van der Waals surface area contributed by atoms with E-state index in [1.54, 1.807) is 0 Å². The predicted octanol–water partition coefficient (Wildman–Crippen LogP) is 3.35. The Morgan fingerprint density at radius 3 is 2.68 bits per heavy atom.